The largest absolute Gasteiger partial charge is 0.310 e. The third-order valence-electron chi connectivity index (χ3n) is 2.96. The fourth-order valence-electron chi connectivity index (χ4n) is 2.03. The van der Waals surface area contributed by atoms with Crippen LogP contribution in [0.1, 0.15) is 30.8 Å². The normalized spacial score (nSPS) is 11.3. The second kappa shape index (κ2) is 5.88. The smallest absolute Gasteiger partial charge is 0.0790 e. The lowest BCUT2D eigenvalue weighted by Crippen LogP contribution is -2.21. The minimum atomic E-state index is 0.495. The molecule has 102 valence electrons. The lowest BCUT2D eigenvalue weighted by atomic mass is 10.2. The number of rotatable bonds is 4. The number of hydrogen-bond acceptors (Lipinski definition) is 2. The van der Waals surface area contributed by atoms with Gasteiger partial charge in [-0.15, -0.1) is 0 Å². The maximum Gasteiger partial charge on any atom is 0.0790 e. The van der Waals surface area contributed by atoms with Gasteiger partial charge in [-0.2, -0.15) is 5.10 Å². The van der Waals surface area contributed by atoms with E-state index in [1.54, 1.807) is 0 Å². The minimum Gasteiger partial charge on any atom is -0.310 e. The number of hydrogen-bond donors (Lipinski definition) is 1. The van der Waals surface area contributed by atoms with E-state index < -0.39 is 0 Å². The Morgan fingerprint density at radius 2 is 2.00 bits per heavy atom. The van der Waals surface area contributed by atoms with Crippen molar-refractivity contribution in [2.45, 2.75) is 40.3 Å². The average Bonchev–Trinajstić information content (AvgIpc) is 2.66. The van der Waals surface area contributed by atoms with Crippen molar-refractivity contribution >= 4 is 15.9 Å². The Morgan fingerprint density at radius 3 is 2.53 bits per heavy atom. The quantitative estimate of drug-likeness (QED) is 0.929. The van der Waals surface area contributed by atoms with Gasteiger partial charge in [0.2, 0.25) is 0 Å². The van der Waals surface area contributed by atoms with Crippen molar-refractivity contribution in [1.82, 2.24) is 15.1 Å². The number of nitrogens with one attached hydrogen (secondary N) is 1. The molecule has 0 spiro atoms. The average molecular weight is 322 g/mol. The van der Waals surface area contributed by atoms with Gasteiger partial charge in [0.05, 0.1) is 11.4 Å². The van der Waals surface area contributed by atoms with Gasteiger partial charge in [-0.05, 0) is 53.5 Å². The molecule has 19 heavy (non-hydrogen) atoms. The molecule has 0 aliphatic carbocycles. The molecule has 0 aliphatic rings. The lowest BCUT2D eigenvalue weighted by molar-refractivity contribution is 0.588. The van der Waals surface area contributed by atoms with Crippen LogP contribution in [0.3, 0.4) is 0 Å². The van der Waals surface area contributed by atoms with Crippen molar-refractivity contribution < 1.29 is 0 Å². The van der Waals surface area contributed by atoms with Crippen LogP contribution in [0, 0.1) is 13.8 Å². The molecule has 0 aliphatic heterocycles. The topological polar surface area (TPSA) is 29.9 Å². The highest BCUT2D eigenvalue weighted by Gasteiger charge is 2.08. The summed E-state index contributed by atoms with van der Waals surface area (Å²) in [5.74, 6) is 0. The van der Waals surface area contributed by atoms with Gasteiger partial charge in [-0.25, -0.2) is 4.68 Å². The van der Waals surface area contributed by atoms with Crippen LogP contribution in [0.2, 0.25) is 0 Å². The first kappa shape index (κ1) is 14.3. The minimum absolute atomic E-state index is 0.495. The van der Waals surface area contributed by atoms with E-state index in [0.717, 1.165) is 28.1 Å². The SMILES string of the molecule is Cc1cc(C)n(-c2ccc(CNC(C)C)cc2Br)n1. The van der Waals surface area contributed by atoms with Gasteiger partial charge in [0.1, 0.15) is 0 Å². The van der Waals surface area contributed by atoms with E-state index in [1.807, 2.05) is 11.6 Å². The molecule has 0 saturated heterocycles. The fraction of sp³-hybridized carbons (Fsp3) is 0.400. The molecular formula is C15H20BrN3. The van der Waals surface area contributed by atoms with Gasteiger partial charge in [0, 0.05) is 22.8 Å². The van der Waals surface area contributed by atoms with E-state index >= 15 is 0 Å². The molecule has 1 heterocycles. The summed E-state index contributed by atoms with van der Waals surface area (Å²) in [5, 5.41) is 7.94. The predicted octanol–water partition coefficient (Wildman–Crippen LogP) is 3.75. The van der Waals surface area contributed by atoms with E-state index in [9.17, 15) is 0 Å². The highest BCUT2D eigenvalue weighted by atomic mass is 79.9. The van der Waals surface area contributed by atoms with Crippen molar-refractivity contribution in [3.05, 3.63) is 45.7 Å². The Hall–Kier alpha value is -1.13. The molecule has 0 bridgehead atoms. The fourth-order valence-corrected chi connectivity index (χ4v) is 2.62. The number of nitrogens with zero attached hydrogens (tertiary/aromatic N) is 2. The van der Waals surface area contributed by atoms with Crippen LogP contribution < -0.4 is 5.32 Å². The number of halogens is 1. The lowest BCUT2D eigenvalue weighted by Gasteiger charge is -2.11. The molecule has 1 aromatic carbocycles. The van der Waals surface area contributed by atoms with E-state index in [1.165, 1.54) is 5.56 Å². The highest BCUT2D eigenvalue weighted by molar-refractivity contribution is 9.10. The van der Waals surface area contributed by atoms with Gasteiger partial charge in [0.15, 0.2) is 0 Å². The van der Waals surface area contributed by atoms with Crippen molar-refractivity contribution in [3.8, 4) is 5.69 Å². The summed E-state index contributed by atoms with van der Waals surface area (Å²) in [7, 11) is 0. The zero-order valence-corrected chi connectivity index (χ0v) is 13.5. The zero-order valence-electron chi connectivity index (χ0n) is 11.9. The summed E-state index contributed by atoms with van der Waals surface area (Å²) in [6.45, 7) is 9.27. The van der Waals surface area contributed by atoms with Crippen LogP contribution in [0.4, 0.5) is 0 Å². The number of aryl methyl sites for hydroxylation is 2. The van der Waals surface area contributed by atoms with E-state index in [-0.39, 0.29) is 0 Å². The van der Waals surface area contributed by atoms with Crippen LogP contribution in [0.25, 0.3) is 5.69 Å². The number of benzene rings is 1. The Bertz CT molecular complexity index is 573. The van der Waals surface area contributed by atoms with Gasteiger partial charge < -0.3 is 5.32 Å². The predicted molar refractivity (Wildman–Crippen MR) is 82.7 cm³/mol. The van der Waals surface area contributed by atoms with Crippen molar-refractivity contribution in [3.63, 3.8) is 0 Å². The van der Waals surface area contributed by atoms with E-state index in [0.29, 0.717) is 6.04 Å². The number of aromatic nitrogens is 2. The van der Waals surface area contributed by atoms with Crippen LogP contribution in [0.5, 0.6) is 0 Å². The zero-order chi connectivity index (χ0) is 14.0. The second-order valence-electron chi connectivity index (χ2n) is 5.16. The molecule has 2 rings (SSSR count). The molecule has 0 fully saturated rings. The molecule has 0 radical (unpaired) electrons. The summed E-state index contributed by atoms with van der Waals surface area (Å²) in [6.07, 6.45) is 0. The second-order valence-corrected chi connectivity index (χ2v) is 6.01. The molecule has 1 N–H and O–H groups in total. The molecule has 1 aromatic heterocycles. The first-order chi connectivity index (χ1) is 8.97. The highest BCUT2D eigenvalue weighted by Crippen LogP contribution is 2.23. The van der Waals surface area contributed by atoms with Crippen LogP contribution in [-0.2, 0) is 6.54 Å². The molecular weight excluding hydrogens is 302 g/mol. The molecule has 4 heteroatoms. The van der Waals surface area contributed by atoms with E-state index in [4.69, 9.17) is 0 Å². The molecule has 0 amide bonds. The van der Waals surface area contributed by atoms with Crippen LogP contribution >= 0.6 is 15.9 Å². The van der Waals surface area contributed by atoms with Crippen LogP contribution in [0.15, 0.2) is 28.7 Å². The van der Waals surface area contributed by atoms with Crippen molar-refractivity contribution in [1.29, 1.82) is 0 Å². The van der Waals surface area contributed by atoms with E-state index in [2.05, 4.69) is 71.4 Å². The first-order valence-electron chi connectivity index (χ1n) is 6.53. The van der Waals surface area contributed by atoms with Crippen molar-refractivity contribution in [2.75, 3.05) is 0 Å². The Labute approximate surface area is 123 Å². The Morgan fingerprint density at radius 1 is 1.26 bits per heavy atom. The first-order valence-corrected chi connectivity index (χ1v) is 7.32. The van der Waals surface area contributed by atoms with Crippen LogP contribution in [-0.4, -0.2) is 15.8 Å². The maximum atomic E-state index is 4.52. The Kier molecular flexibility index (Phi) is 4.42. The molecule has 2 aromatic rings. The Balaban J connectivity index is 2.27. The third-order valence-corrected chi connectivity index (χ3v) is 3.60. The summed E-state index contributed by atoms with van der Waals surface area (Å²) in [5.41, 5.74) is 4.53. The third kappa shape index (κ3) is 3.45. The molecule has 0 unspecified atom stereocenters. The van der Waals surface area contributed by atoms with Gasteiger partial charge in [0.25, 0.3) is 0 Å². The molecule has 0 saturated carbocycles. The van der Waals surface area contributed by atoms with Crippen molar-refractivity contribution in [2.24, 2.45) is 0 Å². The summed E-state index contributed by atoms with van der Waals surface area (Å²) in [6, 6.07) is 8.99. The molecule has 0 atom stereocenters. The van der Waals surface area contributed by atoms with Gasteiger partial charge >= 0.3 is 0 Å². The maximum absolute atomic E-state index is 4.52. The summed E-state index contributed by atoms with van der Waals surface area (Å²) < 4.78 is 3.04. The standard InChI is InChI=1S/C15H20BrN3/c1-10(2)17-9-13-5-6-15(14(16)8-13)19-12(4)7-11(3)18-19/h5-8,10,17H,9H2,1-4H3. The van der Waals surface area contributed by atoms with Gasteiger partial charge in [-0.1, -0.05) is 19.9 Å². The summed E-state index contributed by atoms with van der Waals surface area (Å²) in [4.78, 5) is 0. The summed E-state index contributed by atoms with van der Waals surface area (Å²) >= 11 is 3.65. The monoisotopic (exact) mass is 321 g/mol. The van der Waals surface area contributed by atoms with Gasteiger partial charge in [-0.3, -0.25) is 0 Å². The molecule has 3 nitrogen and oxygen atoms in total.